The maximum absolute atomic E-state index is 12.1. The number of halogens is 1. The van der Waals surface area contributed by atoms with Crippen molar-refractivity contribution in [1.29, 1.82) is 0 Å². The lowest BCUT2D eigenvalue weighted by molar-refractivity contribution is -0.161. The summed E-state index contributed by atoms with van der Waals surface area (Å²) in [6, 6.07) is 5.23. The average Bonchev–Trinajstić information content (AvgIpc) is 2.39. The van der Waals surface area contributed by atoms with Gasteiger partial charge in [-0.15, -0.1) is 0 Å². The molecule has 108 valence electrons. The van der Waals surface area contributed by atoms with E-state index in [1.807, 2.05) is 6.92 Å². The second kappa shape index (κ2) is 5.85. The molecule has 5 heteroatoms. The SMILES string of the molecule is CCOC(=O)C1=Cc2cc(Cl)ccc2OC1(C)OCC. The molecule has 0 amide bonds. The smallest absolute Gasteiger partial charge is 0.340 e. The Hall–Kier alpha value is -1.52. The Morgan fingerprint density at radius 2 is 2.10 bits per heavy atom. The summed E-state index contributed by atoms with van der Waals surface area (Å²) < 4.78 is 16.5. The Kier molecular flexibility index (Phi) is 4.35. The summed E-state index contributed by atoms with van der Waals surface area (Å²) in [4.78, 5) is 12.1. The van der Waals surface area contributed by atoms with Gasteiger partial charge in [0.2, 0.25) is 5.79 Å². The van der Waals surface area contributed by atoms with Crippen molar-refractivity contribution < 1.29 is 19.0 Å². The molecule has 1 aromatic rings. The standard InChI is InChI=1S/C15H17ClO4/c1-4-18-14(17)12-9-10-8-11(16)6-7-13(10)20-15(12,3)19-5-2/h6-9H,4-5H2,1-3H3. The van der Waals surface area contributed by atoms with Gasteiger partial charge in [-0.1, -0.05) is 11.6 Å². The van der Waals surface area contributed by atoms with Crippen LogP contribution in [-0.4, -0.2) is 25.0 Å². The number of esters is 1. The zero-order chi connectivity index (χ0) is 14.8. The third-order valence-electron chi connectivity index (χ3n) is 2.98. The molecule has 0 saturated carbocycles. The number of carbonyl (C=O) groups is 1. The van der Waals surface area contributed by atoms with Gasteiger partial charge >= 0.3 is 5.97 Å². The zero-order valence-electron chi connectivity index (χ0n) is 11.7. The first-order valence-corrected chi connectivity index (χ1v) is 6.89. The molecule has 0 fully saturated rings. The van der Waals surface area contributed by atoms with Crippen molar-refractivity contribution in [2.24, 2.45) is 0 Å². The van der Waals surface area contributed by atoms with Gasteiger partial charge in [-0.05, 0) is 38.1 Å². The lowest BCUT2D eigenvalue weighted by Gasteiger charge is -2.35. The highest BCUT2D eigenvalue weighted by Crippen LogP contribution is 2.38. The molecule has 1 unspecified atom stereocenters. The van der Waals surface area contributed by atoms with E-state index in [1.165, 1.54) is 0 Å². The monoisotopic (exact) mass is 296 g/mol. The minimum atomic E-state index is -1.15. The zero-order valence-corrected chi connectivity index (χ0v) is 12.5. The van der Waals surface area contributed by atoms with Crippen LogP contribution in [-0.2, 0) is 14.3 Å². The van der Waals surface area contributed by atoms with Crippen LogP contribution in [0.1, 0.15) is 26.3 Å². The Labute approximate surface area is 123 Å². The Morgan fingerprint density at radius 3 is 2.75 bits per heavy atom. The van der Waals surface area contributed by atoms with Gasteiger partial charge in [-0.3, -0.25) is 0 Å². The van der Waals surface area contributed by atoms with Gasteiger partial charge in [0.15, 0.2) is 0 Å². The maximum atomic E-state index is 12.1. The Bertz CT molecular complexity index is 553. The van der Waals surface area contributed by atoms with E-state index in [1.54, 1.807) is 38.1 Å². The van der Waals surface area contributed by atoms with E-state index in [0.29, 0.717) is 29.6 Å². The second-order valence-electron chi connectivity index (χ2n) is 4.44. The molecule has 1 aromatic carbocycles. The van der Waals surface area contributed by atoms with Crippen molar-refractivity contribution in [1.82, 2.24) is 0 Å². The molecular weight excluding hydrogens is 280 g/mol. The van der Waals surface area contributed by atoms with E-state index >= 15 is 0 Å². The van der Waals surface area contributed by atoms with Gasteiger partial charge in [0.25, 0.3) is 0 Å². The van der Waals surface area contributed by atoms with E-state index < -0.39 is 11.8 Å². The summed E-state index contributed by atoms with van der Waals surface area (Å²) in [5.74, 6) is -0.977. The van der Waals surface area contributed by atoms with Crippen LogP contribution >= 0.6 is 11.6 Å². The number of hydrogen-bond acceptors (Lipinski definition) is 4. The van der Waals surface area contributed by atoms with Crippen LogP contribution in [0.5, 0.6) is 5.75 Å². The van der Waals surface area contributed by atoms with Gasteiger partial charge in [0, 0.05) is 24.1 Å². The molecule has 0 aliphatic carbocycles. The third kappa shape index (κ3) is 2.81. The number of benzene rings is 1. The van der Waals surface area contributed by atoms with Gasteiger partial charge < -0.3 is 14.2 Å². The molecule has 0 aromatic heterocycles. The van der Waals surface area contributed by atoms with E-state index in [0.717, 1.165) is 5.56 Å². The molecule has 2 rings (SSSR count). The molecule has 0 N–H and O–H groups in total. The summed E-state index contributed by atoms with van der Waals surface area (Å²) in [5, 5.41) is 0.576. The first-order chi connectivity index (χ1) is 9.50. The van der Waals surface area contributed by atoms with Crippen molar-refractivity contribution in [3.63, 3.8) is 0 Å². The Morgan fingerprint density at radius 1 is 1.35 bits per heavy atom. The minimum Gasteiger partial charge on any atom is -0.462 e. The van der Waals surface area contributed by atoms with Crippen LogP contribution in [0.15, 0.2) is 23.8 Å². The van der Waals surface area contributed by atoms with Crippen molar-refractivity contribution in [2.75, 3.05) is 13.2 Å². The van der Waals surface area contributed by atoms with Crippen molar-refractivity contribution in [3.05, 3.63) is 34.4 Å². The van der Waals surface area contributed by atoms with Gasteiger partial charge in [0.05, 0.1) is 6.61 Å². The van der Waals surface area contributed by atoms with Crippen molar-refractivity contribution in [3.8, 4) is 5.75 Å². The quantitative estimate of drug-likeness (QED) is 0.799. The largest absolute Gasteiger partial charge is 0.462 e. The second-order valence-corrected chi connectivity index (χ2v) is 4.88. The van der Waals surface area contributed by atoms with Gasteiger partial charge in [-0.2, -0.15) is 0 Å². The minimum absolute atomic E-state index is 0.292. The molecule has 1 aliphatic heterocycles. The summed E-state index contributed by atoms with van der Waals surface area (Å²) in [6.07, 6.45) is 1.71. The lowest BCUT2D eigenvalue weighted by Crippen LogP contribution is -2.43. The maximum Gasteiger partial charge on any atom is 0.340 e. The van der Waals surface area contributed by atoms with E-state index in [2.05, 4.69) is 0 Å². The highest BCUT2D eigenvalue weighted by Gasteiger charge is 2.41. The molecule has 0 bridgehead atoms. The van der Waals surface area contributed by atoms with E-state index in [-0.39, 0.29) is 0 Å². The van der Waals surface area contributed by atoms with Crippen molar-refractivity contribution in [2.45, 2.75) is 26.6 Å². The number of fused-ring (bicyclic) bond motifs is 1. The van der Waals surface area contributed by atoms with Crippen LogP contribution in [0.3, 0.4) is 0 Å². The lowest BCUT2D eigenvalue weighted by atomic mass is 9.99. The summed E-state index contributed by atoms with van der Waals surface area (Å²) in [7, 11) is 0. The first kappa shape index (κ1) is 14.9. The van der Waals surface area contributed by atoms with Gasteiger partial charge in [-0.25, -0.2) is 4.79 Å². The third-order valence-corrected chi connectivity index (χ3v) is 3.22. The van der Waals surface area contributed by atoms with Crippen LogP contribution in [0.25, 0.3) is 6.08 Å². The number of carbonyl (C=O) groups excluding carboxylic acids is 1. The fourth-order valence-electron chi connectivity index (χ4n) is 2.11. The molecule has 0 spiro atoms. The first-order valence-electron chi connectivity index (χ1n) is 6.52. The number of ether oxygens (including phenoxy) is 3. The molecular formula is C15H17ClO4. The molecule has 0 saturated heterocycles. The highest BCUT2D eigenvalue weighted by atomic mass is 35.5. The molecule has 1 atom stereocenters. The van der Waals surface area contributed by atoms with Crippen LogP contribution in [0, 0.1) is 0 Å². The molecule has 20 heavy (non-hydrogen) atoms. The number of hydrogen-bond donors (Lipinski definition) is 0. The normalized spacial score (nSPS) is 20.7. The average molecular weight is 297 g/mol. The summed E-state index contributed by atoms with van der Waals surface area (Å²) >= 11 is 5.97. The molecule has 4 nitrogen and oxygen atoms in total. The topological polar surface area (TPSA) is 44.8 Å². The summed E-state index contributed by atoms with van der Waals surface area (Å²) in [6.45, 7) is 6.01. The molecule has 1 aliphatic rings. The Balaban J connectivity index is 2.48. The summed E-state index contributed by atoms with van der Waals surface area (Å²) in [5.41, 5.74) is 1.06. The fourth-order valence-corrected chi connectivity index (χ4v) is 2.29. The van der Waals surface area contributed by atoms with E-state index in [4.69, 9.17) is 25.8 Å². The van der Waals surface area contributed by atoms with Crippen LogP contribution in [0.2, 0.25) is 5.02 Å². The molecule has 1 heterocycles. The highest BCUT2D eigenvalue weighted by molar-refractivity contribution is 6.30. The molecule has 0 radical (unpaired) electrons. The predicted octanol–water partition coefficient (Wildman–Crippen LogP) is 3.43. The van der Waals surface area contributed by atoms with Gasteiger partial charge in [0.1, 0.15) is 11.3 Å². The van der Waals surface area contributed by atoms with Crippen molar-refractivity contribution >= 4 is 23.6 Å². The predicted molar refractivity (Wildman–Crippen MR) is 76.7 cm³/mol. The van der Waals surface area contributed by atoms with Crippen LogP contribution in [0.4, 0.5) is 0 Å². The van der Waals surface area contributed by atoms with Crippen LogP contribution < -0.4 is 4.74 Å². The number of rotatable bonds is 4. The fraction of sp³-hybridized carbons (Fsp3) is 0.400. The van der Waals surface area contributed by atoms with E-state index in [9.17, 15) is 4.79 Å².